The van der Waals surface area contributed by atoms with Crippen LogP contribution in [0.15, 0.2) is 12.1 Å². The second-order valence-corrected chi connectivity index (χ2v) is 9.35. The average Bonchev–Trinajstić information content (AvgIpc) is 2.74. The van der Waals surface area contributed by atoms with Gasteiger partial charge in [-0.2, -0.15) is 0 Å². The molecule has 6 heteroatoms. The molecule has 3 heterocycles. The number of hydrogen-bond acceptors (Lipinski definition) is 5. The summed E-state index contributed by atoms with van der Waals surface area (Å²) in [6.07, 6.45) is 1.96. The summed E-state index contributed by atoms with van der Waals surface area (Å²) in [5, 5.41) is 0. The molecule has 1 aromatic heterocycles. The van der Waals surface area contributed by atoms with Crippen molar-refractivity contribution >= 4 is 12.6 Å². The molecule has 0 bridgehead atoms. The smallest absolute Gasteiger partial charge is 0.472 e. The average molecular weight is 361 g/mol. The zero-order valence-corrected chi connectivity index (χ0v) is 17.2. The van der Waals surface area contributed by atoms with E-state index in [4.69, 9.17) is 23.8 Å². The third kappa shape index (κ3) is 4.24. The van der Waals surface area contributed by atoms with Crippen molar-refractivity contribution in [1.29, 1.82) is 0 Å². The molecule has 0 aromatic carbocycles. The largest absolute Gasteiger partial charge is 0.495 e. The van der Waals surface area contributed by atoms with Crippen molar-refractivity contribution in [2.24, 2.45) is 0 Å². The van der Waals surface area contributed by atoms with Crippen molar-refractivity contribution in [3.05, 3.63) is 17.8 Å². The van der Waals surface area contributed by atoms with E-state index in [1.54, 1.807) is 0 Å². The highest BCUT2D eigenvalue weighted by Crippen LogP contribution is 2.37. The maximum Gasteiger partial charge on any atom is 0.495 e. The summed E-state index contributed by atoms with van der Waals surface area (Å²) < 4.78 is 24.1. The zero-order valence-electron chi connectivity index (χ0n) is 17.2. The molecular formula is C20H32BNO4. The van der Waals surface area contributed by atoms with Crippen LogP contribution in [-0.4, -0.2) is 42.1 Å². The molecule has 0 saturated carbocycles. The van der Waals surface area contributed by atoms with Crippen LogP contribution in [0.3, 0.4) is 0 Å². The fraction of sp³-hybridized carbons (Fsp3) is 0.750. The summed E-state index contributed by atoms with van der Waals surface area (Å²) in [5.41, 5.74) is 0.962. The van der Waals surface area contributed by atoms with E-state index >= 15 is 0 Å². The lowest BCUT2D eigenvalue weighted by atomic mass is 9.78. The van der Waals surface area contributed by atoms with E-state index in [2.05, 4.69) is 33.8 Å². The Kier molecular flexibility index (Phi) is 5.14. The molecule has 0 aliphatic carbocycles. The van der Waals surface area contributed by atoms with Crippen LogP contribution >= 0.6 is 0 Å². The Hall–Kier alpha value is -1.11. The summed E-state index contributed by atoms with van der Waals surface area (Å²) in [6, 6.07) is 4.07. The van der Waals surface area contributed by atoms with Gasteiger partial charge in [0.1, 0.15) is 5.60 Å². The normalized spacial score (nSPS) is 23.3. The van der Waals surface area contributed by atoms with Gasteiger partial charge < -0.3 is 18.8 Å². The lowest BCUT2D eigenvalue weighted by Gasteiger charge is -2.32. The van der Waals surface area contributed by atoms with Gasteiger partial charge in [0.25, 0.3) is 0 Å². The fourth-order valence-electron chi connectivity index (χ4n) is 3.23. The number of rotatable bonds is 3. The van der Waals surface area contributed by atoms with Crippen LogP contribution in [0.5, 0.6) is 5.88 Å². The highest BCUT2D eigenvalue weighted by molar-refractivity contribution is 6.62. The molecule has 2 aliphatic rings. The number of hydrogen-bond donors (Lipinski definition) is 0. The minimum atomic E-state index is -0.413. The number of aromatic nitrogens is 1. The van der Waals surface area contributed by atoms with E-state index in [-0.39, 0.29) is 16.8 Å². The van der Waals surface area contributed by atoms with Crippen molar-refractivity contribution in [3.8, 4) is 5.88 Å². The first-order valence-electron chi connectivity index (χ1n) is 9.61. The topological polar surface area (TPSA) is 49.8 Å². The maximum absolute atomic E-state index is 6.25. The first kappa shape index (κ1) is 19.7. The minimum absolute atomic E-state index is 0.311. The van der Waals surface area contributed by atoms with Crippen LogP contribution in [0.4, 0.5) is 0 Å². The summed E-state index contributed by atoms with van der Waals surface area (Å²) in [5.74, 6) is 1.01. The Morgan fingerprint density at radius 3 is 2.15 bits per heavy atom. The van der Waals surface area contributed by atoms with E-state index in [0.29, 0.717) is 11.8 Å². The highest BCUT2D eigenvalue weighted by atomic mass is 16.7. The van der Waals surface area contributed by atoms with E-state index in [0.717, 1.165) is 37.2 Å². The molecule has 2 saturated heterocycles. The molecule has 2 fully saturated rings. The minimum Gasteiger partial charge on any atom is -0.472 e. The molecule has 5 nitrogen and oxygen atoms in total. The molecule has 0 radical (unpaired) electrons. The van der Waals surface area contributed by atoms with Gasteiger partial charge in [0.05, 0.1) is 11.2 Å². The number of pyridine rings is 1. The molecule has 3 rings (SSSR count). The van der Waals surface area contributed by atoms with Crippen LogP contribution in [0.25, 0.3) is 0 Å². The Labute approximate surface area is 157 Å². The third-order valence-electron chi connectivity index (χ3n) is 5.42. The van der Waals surface area contributed by atoms with Crippen LogP contribution in [0.2, 0.25) is 0 Å². The van der Waals surface area contributed by atoms with Gasteiger partial charge >= 0.3 is 7.12 Å². The molecule has 0 spiro atoms. The highest BCUT2D eigenvalue weighted by Gasteiger charge is 2.52. The molecule has 2 aliphatic heterocycles. The lowest BCUT2D eigenvalue weighted by Crippen LogP contribution is -2.41. The quantitative estimate of drug-likeness (QED) is 0.772. The standard InChI is InChI=1S/C20H32BNO4/c1-18(2,3)24-17-13-15(21-25-19(4,5)20(6,7)26-21)12-16(22-17)14-8-10-23-11-9-14/h12-14H,8-11H2,1-7H3. The first-order chi connectivity index (χ1) is 12.0. The van der Waals surface area contributed by atoms with Gasteiger partial charge in [-0.1, -0.05) is 0 Å². The maximum atomic E-state index is 6.25. The van der Waals surface area contributed by atoms with Crippen LogP contribution < -0.4 is 10.2 Å². The van der Waals surface area contributed by atoms with E-state index < -0.39 is 7.12 Å². The first-order valence-corrected chi connectivity index (χ1v) is 9.61. The molecule has 0 unspecified atom stereocenters. The van der Waals surface area contributed by atoms with Gasteiger partial charge in [0.2, 0.25) is 5.88 Å². The van der Waals surface area contributed by atoms with Crippen molar-refractivity contribution in [1.82, 2.24) is 4.98 Å². The Bertz CT molecular complexity index is 632. The fourth-order valence-corrected chi connectivity index (χ4v) is 3.23. The lowest BCUT2D eigenvalue weighted by molar-refractivity contribution is 0.00578. The third-order valence-corrected chi connectivity index (χ3v) is 5.42. The van der Waals surface area contributed by atoms with Crippen molar-refractivity contribution in [2.75, 3.05) is 13.2 Å². The zero-order chi connectivity index (χ0) is 19.2. The second-order valence-electron chi connectivity index (χ2n) is 9.35. The predicted molar refractivity (Wildman–Crippen MR) is 103 cm³/mol. The van der Waals surface area contributed by atoms with Crippen LogP contribution in [0, 0.1) is 0 Å². The second kappa shape index (κ2) is 6.81. The summed E-state index contributed by atoms with van der Waals surface area (Å²) in [7, 11) is -0.413. The molecule has 0 amide bonds. The summed E-state index contributed by atoms with van der Waals surface area (Å²) in [4.78, 5) is 4.80. The Morgan fingerprint density at radius 1 is 1.04 bits per heavy atom. The van der Waals surface area contributed by atoms with Crippen LogP contribution in [-0.2, 0) is 14.0 Å². The van der Waals surface area contributed by atoms with Crippen LogP contribution in [0.1, 0.15) is 72.9 Å². The summed E-state index contributed by atoms with van der Waals surface area (Å²) in [6.45, 7) is 15.9. The Morgan fingerprint density at radius 2 is 1.62 bits per heavy atom. The van der Waals surface area contributed by atoms with Gasteiger partial charge in [-0.15, -0.1) is 0 Å². The molecule has 144 valence electrons. The SMILES string of the molecule is CC(C)(C)Oc1cc(B2OC(C)(C)C(C)(C)O2)cc(C2CCOCC2)n1. The van der Waals surface area contributed by atoms with Crippen molar-refractivity contribution < 1.29 is 18.8 Å². The van der Waals surface area contributed by atoms with Gasteiger partial charge in [0, 0.05) is 30.9 Å². The molecule has 26 heavy (non-hydrogen) atoms. The van der Waals surface area contributed by atoms with E-state index in [9.17, 15) is 0 Å². The Balaban J connectivity index is 1.94. The predicted octanol–water partition coefficient (Wildman–Crippen LogP) is 3.45. The number of nitrogens with zero attached hydrogens (tertiary/aromatic N) is 1. The van der Waals surface area contributed by atoms with E-state index in [1.807, 2.05) is 26.8 Å². The number of ether oxygens (including phenoxy) is 2. The molecular weight excluding hydrogens is 329 g/mol. The monoisotopic (exact) mass is 361 g/mol. The molecule has 1 aromatic rings. The molecule has 0 N–H and O–H groups in total. The van der Waals surface area contributed by atoms with Gasteiger partial charge in [-0.3, -0.25) is 0 Å². The van der Waals surface area contributed by atoms with Gasteiger partial charge in [0.15, 0.2) is 0 Å². The van der Waals surface area contributed by atoms with Crippen molar-refractivity contribution in [2.45, 2.75) is 84.0 Å². The van der Waals surface area contributed by atoms with E-state index in [1.165, 1.54) is 0 Å². The summed E-state index contributed by atoms with van der Waals surface area (Å²) >= 11 is 0. The van der Waals surface area contributed by atoms with Gasteiger partial charge in [-0.05, 0) is 72.8 Å². The molecule has 0 atom stereocenters. The van der Waals surface area contributed by atoms with Crippen molar-refractivity contribution in [3.63, 3.8) is 0 Å². The van der Waals surface area contributed by atoms with Gasteiger partial charge in [-0.25, -0.2) is 4.98 Å².